The highest BCUT2D eigenvalue weighted by atomic mass is 79.9. The Bertz CT molecular complexity index is 327. The number of nitrogens with one attached hydrogen (secondary N) is 1. The van der Waals surface area contributed by atoms with Crippen LogP contribution in [0.4, 0.5) is 11.8 Å². The van der Waals surface area contributed by atoms with Gasteiger partial charge in [0.15, 0.2) is 0 Å². The Kier molecular flexibility index (Phi) is 4.32. The molecule has 0 saturated carbocycles. The van der Waals surface area contributed by atoms with Gasteiger partial charge < -0.3 is 11.1 Å². The maximum Gasteiger partial charge on any atom is 0.221 e. The molecule has 0 saturated heterocycles. The molecule has 0 spiro atoms. The van der Waals surface area contributed by atoms with E-state index in [2.05, 4.69) is 52.0 Å². The summed E-state index contributed by atoms with van der Waals surface area (Å²) in [4.78, 5) is 8.02. The molecule has 1 rings (SSSR count). The van der Waals surface area contributed by atoms with Crippen molar-refractivity contribution in [3.05, 3.63) is 10.7 Å². The number of aromatic nitrogens is 2. The van der Waals surface area contributed by atoms with Crippen molar-refractivity contribution in [2.24, 2.45) is 5.92 Å². The monoisotopic (exact) mass is 272 g/mol. The van der Waals surface area contributed by atoms with Crippen LogP contribution >= 0.6 is 15.9 Å². The molecule has 0 radical (unpaired) electrons. The first kappa shape index (κ1) is 12.2. The lowest BCUT2D eigenvalue weighted by atomic mass is 10.1. The molecule has 0 aliphatic rings. The van der Waals surface area contributed by atoms with Crippen LogP contribution in [-0.2, 0) is 0 Å². The highest BCUT2D eigenvalue weighted by Gasteiger charge is 2.08. The first-order valence-electron chi connectivity index (χ1n) is 5.03. The summed E-state index contributed by atoms with van der Waals surface area (Å²) in [5.41, 5.74) is 5.52. The van der Waals surface area contributed by atoms with Gasteiger partial charge in [0.2, 0.25) is 5.95 Å². The number of nitrogen functional groups attached to an aromatic ring is 1. The summed E-state index contributed by atoms with van der Waals surface area (Å²) in [6.45, 7) is 6.52. The quantitative estimate of drug-likeness (QED) is 0.885. The van der Waals surface area contributed by atoms with Crippen molar-refractivity contribution < 1.29 is 0 Å². The molecule has 3 N–H and O–H groups in total. The molecule has 1 unspecified atom stereocenters. The first-order chi connectivity index (χ1) is 6.99. The molecule has 1 aromatic rings. The molecule has 15 heavy (non-hydrogen) atoms. The van der Waals surface area contributed by atoms with E-state index < -0.39 is 0 Å². The Balaban J connectivity index is 2.67. The Hall–Kier alpha value is -0.840. The maximum absolute atomic E-state index is 5.52. The maximum atomic E-state index is 5.52. The van der Waals surface area contributed by atoms with E-state index in [9.17, 15) is 0 Å². The van der Waals surface area contributed by atoms with Gasteiger partial charge in [-0.15, -0.1) is 0 Å². The van der Waals surface area contributed by atoms with Crippen LogP contribution in [0.25, 0.3) is 0 Å². The zero-order chi connectivity index (χ0) is 11.4. The van der Waals surface area contributed by atoms with Crippen molar-refractivity contribution in [3.63, 3.8) is 0 Å². The molecule has 84 valence electrons. The van der Waals surface area contributed by atoms with Gasteiger partial charge in [-0.25, -0.2) is 4.98 Å². The third kappa shape index (κ3) is 4.03. The zero-order valence-corrected chi connectivity index (χ0v) is 10.9. The van der Waals surface area contributed by atoms with Crippen molar-refractivity contribution in [1.29, 1.82) is 0 Å². The molecule has 0 aromatic carbocycles. The summed E-state index contributed by atoms with van der Waals surface area (Å²) < 4.78 is 0.840. The SMILES string of the molecule is CC(C)CC(C)Nc1nc(N)ncc1Br. The lowest BCUT2D eigenvalue weighted by molar-refractivity contribution is 0.538. The van der Waals surface area contributed by atoms with Gasteiger partial charge in [-0.05, 0) is 35.2 Å². The minimum Gasteiger partial charge on any atom is -0.368 e. The number of hydrogen-bond donors (Lipinski definition) is 2. The first-order valence-corrected chi connectivity index (χ1v) is 5.83. The number of nitrogens with two attached hydrogens (primary N) is 1. The van der Waals surface area contributed by atoms with E-state index in [-0.39, 0.29) is 5.95 Å². The van der Waals surface area contributed by atoms with Crippen LogP contribution in [0.3, 0.4) is 0 Å². The van der Waals surface area contributed by atoms with Gasteiger partial charge >= 0.3 is 0 Å². The third-order valence-corrected chi connectivity index (χ3v) is 2.55. The van der Waals surface area contributed by atoms with E-state index in [1.54, 1.807) is 6.20 Å². The van der Waals surface area contributed by atoms with E-state index in [0.717, 1.165) is 16.7 Å². The molecule has 0 aliphatic heterocycles. The Morgan fingerprint density at radius 1 is 1.47 bits per heavy atom. The molecule has 1 heterocycles. The second kappa shape index (κ2) is 5.30. The Morgan fingerprint density at radius 2 is 2.13 bits per heavy atom. The van der Waals surface area contributed by atoms with Gasteiger partial charge in [-0.1, -0.05) is 13.8 Å². The standard InChI is InChI=1S/C10H17BrN4/c1-6(2)4-7(3)14-9-8(11)5-13-10(12)15-9/h5-7H,4H2,1-3H3,(H3,12,13,14,15). The summed E-state index contributed by atoms with van der Waals surface area (Å²) in [7, 11) is 0. The van der Waals surface area contributed by atoms with Crippen molar-refractivity contribution >= 4 is 27.7 Å². The summed E-state index contributed by atoms with van der Waals surface area (Å²) in [5.74, 6) is 1.71. The van der Waals surface area contributed by atoms with E-state index in [1.165, 1.54) is 0 Å². The Labute approximate surface area is 98.8 Å². The van der Waals surface area contributed by atoms with Gasteiger partial charge in [0.1, 0.15) is 5.82 Å². The van der Waals surface area contributed by atoms with Crippen LogP contribution in [0.1, 0.15) is 27.2 Å². The van der Waals surface area contributed by atoms with Gasteiger partial charge in [0, 0.05) is 12.2 Å². The fraction of sp³-hybridized carbons (Fsp3) is 0.600. The summed E-state index contributed by atoms with van der Waals surface area (Å²) in [5, 5.41) is 3.30. The topological polar surface area (TPSA) is 63.8 Å². The minimum absolute atomic E-state index is 0.289. The second-order valence-electron chi connectivity index (χ2n) is 4.10. The predicted octanol–water partition coefficient (Wildman–Crippen LogP) is 2.67. The second-order valence-corrected chi connectivity index (χ2v) is 4.95. The van der Waals surface area contributed by atoms with Gasteiger partial charge in [0.25, 0.3) is 0 Å². The van der Waals surface area contributed by atoms with Gasteiger partial charge in [-0.3, -0.25) is 0 Å². The molecule has 1 aromatic heterocycles. The van der Waals surface area contributed by atoms with Crippen LogP contribution in [0, 0.1) is 5.92 Å². The molecule has 0 bridgehead atoms. The molecule has 5 heteroatoms. The average molecular weight is 273 g/mol. The minimum atomic E-state index is 0.289. The van der Waals surface area contributed by atoms with Crippen molar-refractivity contribution in [2.75, 3.05) is 11.1 Å². The summed E-state index contributed by atoms with van der Waals surface area (Å²) >= 11 is 3.38. The lowest BCUT2D eigenvalue weighted by Gasteiger charge is -2.17. The van der Waals surface area contributed by atoms with Crippen LogP contribution in [-0.4, -0.2) is 16.0 Å². The van der Waals surface area contributed by atoms with Crippen LogP contribution in [0.5, 0.6) is 0 Å². The molecule has 0 amide bonds. The number of nitrogens with zero attached hydrogens (tertiary/aromatic N) is 2. The molecule has 4 nitrogen and oxygen atoms in total. The predicted molar refractivity (Wildman–Crippen MR) is 66.7 cm³/mol. The van der Waals surface area contributed by atoms with Crippen molar-refractivity contribution in [3.8, 4) is 0 Å². The highest BCUT2D eigenvalue weighted by Crippen LogP contribution is 2.21. The fourth-order valence-electron chi connectivity index (χ4n) is 1.48. The van der Waals surface area contributed by atoms with Crippen molar-refractivity contribution in [1.82, 2.24) is 9.97 Å². The van der Waals surface area contributed by atoms with Crippen LogP contribution in [0.2, 0.25) is 0 Å². The van der Waals surface area contributed by atoms with E-state index >= 15 is 0 Å². The lowest BCUT2D eigenvalue weighted by Crippen LogP contribution is -2.19. The molecular weight excluding hydrogens is 256 g/mol. The Morgan fingerprint density at radius 3 is 2.73 bits per heavy atom. The highest BCUT2D eigenvalue weighted by molar-refractivity contribution is 9.10. The van der Waals surface area contributed by atoms with E-state index in [4.69, 9.17) is 5.73 Å². The number of rotatable bonds is 4. The van der Waals surface area contributed by atoms with Gasteiger partial charge in [0.05, 0.1) is 4.47 Å². The molecular formula is C10H17BrN4. The average Bonchev–Trinajstić information content (AvgIpc) is 2.10. The van der Waals surface area contributed by atoms with E-state index in [1.807, 2.05) is 0 Å². The molecule has 1 atom stereocenters. The summed E-state index contributed by atoms with van der Waals surface area (Å²) in [6.07, 6.45) is 2.75. The number of hydrogen-bond acceptors (Lipinski definition) is 4. The third-order valence-electron chi connectivity index (χ3n) is 1.97. The van der Waals surface area contributed by atoms with Gasteiger partial charge in [-0.2, -0.15) is 4.98 Å². The van der Waals surface area contributed by atoms with Crippen LogP contribution < -0.4 is 11.1 Å². The van der Waals surface area contributed by atoms with Crippen molar-refractivity contribution in [2.45, 2.75) is 33.2 Å². The van der Waals surface area contributed by atoms with E-state index in [0.29, 0.717) is 12.0 Å². The van der Waals surface area contributed by atoms with Crippen LogP contribution in [0.15, 0.2) is 10.7 Å². The molecule has 0 aliphatic carbocycles. The number of anilines is 2. The molecule has 0 fully saturated rings. The number of halogens is 1. The fourth-order valence-corrected chi connectivity index (χ4v) is 1.79. The largest absolute Gasteiger partial charge is 0.368 e. The normalized spacial score (nSPS) is 12.9. The summed E-state index contributed by atoms with van der Waals surface area (Å²) in [6, 6.07) is 0.371. The zero-order valence-electron chi connectivity index (χ0n) is 9.29. The smallest absolute Gasteiger partial charge is 0.221 e.